The van der Waals surface area contributed by atoms with Gasteiger partial charge in [0.15, 0.2) is 10.9 Å². The number of nitrogens with zero attached hydrogens (tertiary/aromatic N) is 3. The minimum Gasteiger partial charge on any atom is -0.335 e. The molecule has 0 unspecified atom stereocenters. The predicted octanol–water partition coefficient (Wildman–Crippen LogP) is 5.82. The molecule has 0 saturated carbocycles. The van der Waals surface area contributed by atoms with Crippen LogP contribution in [0, 0.1) is 24.6 Å². The molecule has 0 radical (unpaired) electrons. The highest BCUT2D eigenvalue weighted by Gasteiger charge is 2.33. The van der Waals surface area contributed by atoms with Gasteiger partial charge in [0.05, 0.1) is 10.6 Å². The van der Waals surface area contributed by atoms with E-state index >= 15 is 0 Å². The Hall–Kier alpha value is -2.66. The van der Waals surface area contributed by atoms with Crippen LogP contribution >= 0.6 is 22.7 Å². The highest BCUT2D eigenvalue weighted by Crippen LogP contribution is 2.27. The van der Waals surface area contributed by atoms with Gasteiger partial charge in [-0.15, -0.1) is 11.3 Å². The topological polar surface area (TPSA) is 77.6 Å². The third kappa shape index (κ3) is 7.75. The van der Waals surface area contributed by atoms with Crippen LogP contribution in [0.3, 0.4) is 0 Å². The number of nitrogens with one attached hydrogen (secondary N) is 2. The van der Waals surface area contributed by atoms with Crippen molar-refractivity contribution in [2.45, 2.75) is 52.1 Å². The number of halogens is 1. The fraction of sp³-hybridized carbons (Fsp3) is 0.500. The molecule has 2 N–H and O–H groups in total. The maximum absolute atomic E-state index is 13.4. The van der Waals surface area contributed by atoms with E-state index in [-0.39, 0.29) is 29.6 Å². The molecular formula is C30H38FN5O2S2. The van der Waals surface area contributed by atoms with E-state index in [1.54, 1.807) is 30.4 Å². The number of Topliss-reactive ketones (excluding diaryl/α,β-unsaturated/α-hetero) is 1. The molecule has 5 rings (SSSR count). The smallest absolute Gasteiger partial charge is 0.321 e. The van der Waals surface area contributed by atoms with E-state index in [0.717, 1.165) is 58.5 Å². The largest absolute Gasteiger partial charge is 0.335 e. The second-order valence-corrected chi connectivity index (χ2v) is 13.2. The van der Waals surface area contributed by atoms with Crippen LogP contribution in [0.4, 0.5) is 14.3 Å². The van der Waals surface area contributed by atoms with Crippen molar-refractivity contribution in [3.05, 3.63) is 68.6 Å². The maximum Gasteiger partial charge on any atom is 0.321 e. The number of amides is 2. The molecule has 2 saturated heterocycles. The lowest BCUT2D eigenvalue weighted by molar-refractivity contribution is 0.0823. The summed E-state index contributed by atoms with van der Waals surface area (Å²) in [6.45, 7) is 9.10. The van der Waals surface area contributed by atoms with Gasteiger partial charge in [0.25, 0.3) is 0 Å². The fourth-order valence-electron chi connectivity index (χ4n) is 6.10. The Morgan fingerprint density at radius 3 is 2.65 bits per heavy atom. The van der Waals surface area contributed by atoms with E-state index in [2.05, 4.69) is 42.9 Å². The second kappa shape index (κ2) is 13.3. The molecule has 0 aliphatic carbocycles. The maximum atomic E-state index is 13.4. The molecule has 214 valence electrons. The number of anilines is 1. The van der Waals surface area contributed by atoms with Crippen LogP contribution in [-0.2, 0) is 13.0 Å². The molecule has 2 aliphatic heterocycles. The van der Waals surface area contributed by atoms with Crippen LogP contribution in [0.5, 0.6) is 0 Å². The van der Waals surface area contributed by atoms with Crippen molar-refractivity contribution in [1.82, 2.24) is 20.1 Å². The summed E-state index contributed by atoms with van der Waals surface area (Å²) >= 11 is 3.01. The lowest BCUT2D eigenvalue weighted by Gasteiger charge is -2.42. The summed E-state index contributed by atoms with van der Waals surface area (Å²) < 4.78 is 13.4. The number of carbonyl (C=O) groups excluding carboxylic acids is 2. The third-order valence-electron chi connectivity index (χ3n) is 7.96. The van der Waals surface area contributed by atoms with E-state index in [9.17, 15) is 14.0 Å². The van der Waals surface area contributed by atoms with Gasteiger partial charge in [0.1, 0.15) is 5.82 Å². The van der Waals surface area contributed by atoms with Crippen molar-refractivity contribution in [3.8, 4) is 0 Å². The molecule has 4 heterocycles. The summed E-state index contributed by atoms with van der Waals surface area (Å²) in [7, 11) is 0. The molecule has 1 aromatic carbocycles. The van der Waals surface area contributed by atoms with Crippen molar-refractivity contribution in [2.24, 2.45) is 11.8 Å². The van der Waals surface area contributed by atoms with Crippen molar-refractivity contribution < 1.29 is 14.0 Å². The van der Waals surface area contributed by atoms with Crippen molar-refractivity contribution in [2.75, 3.05) is 38.0 Å². The zero-order valence-corrected chi connectivity index (χ0v) is 24.8. The lowest BCUT2D eigenvalue weighted by Crippen LogP contribution is -2.55. The van der Waals surface area contributed by atoms with Gasteiger partial charge >= 0.3 is 6.03 Å². The van der Waals surface area contributed by atoms with E-state index < -0.39 is 0 Å². The Balaban J connectivity index is 1.22. The SMILES string of the molecule is CC(=O)c1sc(NC(=O)N[C@@H]2CCN(Cc3cccs3)C[C@H]2CN2CCC[C@@H](Cc3ccc(F)cc3)C2)nc1C. The Bertz CT molecular complexity index is 1280. The molecule has 2 aromatic heterocycles. The van der Waals surface area contributed by atoms with Gasteiger partial charge in [-0.2, -0.15) is 0 Å². The van der Waals surface area contributed by atoms with Crippen LogP contribution in [0.1, 0.15) is 52.0 Å². The zero-order chi connectivity index (χ0) is 28.1. The Kier molecular flexibility index (Phi) is 9.62. The van der Waals surface area contributed by atoms with Gasteiger partial charge in [0, 0.05) is 56.5 Å². The van der Waals surface area contributed by atoms with Crippen molar-refractivity contribution in [1.29, 1.82) is 0 Å². The van der Waals surface area contributed by atoms with Gasteiger partial charge in [-0.1, -0.05) is 29.5 Å². The number of aryl methyl sites for hydroxylation is 1. The Labute approximate surface area is 243 Å². The number of hydrogen-bond acceptors (Lipinski definition) is 7. The number of urea groups is 1. The van der Waals surface area contributed by atoms with Crippen molar-refractivity contribution in [3.63, 3.8) is 0 Å². The molecule has 10 heteroatoms. The van der Waals surface area contributed by atoms with Gasteiger partial charge in [0.2, 0.25) is 0 Å². The highest BCUT2D eigenvalue weighted by atomic mass is 32.1. The monoisotopic (exact) mass is 583 g/mol. The number of benzene rings is 1. The quantitative estimate of drug-likeness (QED) is 0.311. The number of thiophene rings is 1. The fourth-order valence-corrected chi connectivity index (χ4v) is 7.70. The number of carbonyl (C=O) groups is 2. The Morgan fingerprint density at radius 2 is 1.93 bits per heavy atom. The minimum atomic E-state index is -0.265. The van der Waals surface area contributed by atoms with E-state index in [0.29, 0.717) is 21.6 Å². The molecule has 0 spiro atoms. The van der Waals surface area contributed by atoms with Crippen LogP contribution in [0.2, 0.25) is 0 Å². The normalized spacial score (nSPS) is 22.2. The molecule has 3 atom stereocenters. The first-order chi connectivity index (χ1) is 19.3. The number of rotatable bonds is 9. The van der Waals surface area contributed by atoms with Crippen LogP contribution < -0.4 is 10.6 Å². The van der Waals surface area contributed by atoms with E-state index in [4.69, 9.17) is 0 Å². The average molecular weight is 584 g/mol. The number of likely N-dealkylation sites (tertiary alicyclic amines) is 2. The Morgan fingerprint density at radius 1 is 1.10 bits per heavy atom. The minimum absolute atomic E-state index is 0.0408. The molecule has 2 fully saturated rings. The predicted molar refractivity (Wildman–Crippen MR) is 160 cm³/mol. The molecule has 3 aromatic rings. The van der Waals surface area contributed by atoms with Gasteiger partial charge < -0.3 is 10.2 Å². The summed E-state index contributed by atoms with van der Waals surface area (Å²) in [5.74, 6) is 0.601. The molecule has 0 bridgehead atoms. The molecular weight excluding hydrogens is 545 g/mol. The number of thiazole rings is 1. The van der Waals surface area contributed by atoms with Crippen LogP contribution in [-0.4, -0.2) is 65.4 Å². The lowest BCUT2D eigenvalue weighted by atomic mass is 9.88. The molecule has 7 nitrogen and oxygen atoms in total. The summed E-state index contributed by atoms with van der Waals surface area (Å²) in [4.78, 5) is 36.2. The summed E-state index contributed by atoms with van der Waals surface area (Å²) in [5.41, 5.74) is 1.84. The first-order valence-electron chi connectivity index (χ1n) is 14.1. The second-order valence-electron chi connectivity index (χ2n) is 11.2. The first-order valence-corrected chi connectivity index (χ1v) is 15.8. The highest BCUT2D eigenvalue weighted by molar-refractivity contribution is 7.17. The number of hydrogen-bond donors (Lipinski definition) is 2. The van der Waals surface area contributed by atoms with Crippen molar-refractivity contribution >= 4 is 39.6 Å². The third-order valence-corrected chi connectivity index (χ3v) is 10.00. The molecule has 40 heavy (non-hydrogen) atoms. The van der Waals surface area contributed by atoms with Gasteiger partial charge in [-0.3, -0.25) is 15.0 Å². The average Bonchev–Trinajstić information content (AvgIpc) is 3.56. The summed E-state index contributed by atoms with van der Waals surface area (Å²) in [5, 5.41) is 8.69. The first kappa shape index (κ1) is 28.9. The summed E-state index contributed by atoms with van der Waals surface area (Å²) in [6.07, 6.45) is 4.18. The standard InChI is InChI=1S/C30H38FN5O2S2/c1-20-28(21(2)37)40-30(32-20)34-29(38)33-27-11-13-36(19-26-6-4-14-39-26)18-24(27)17-35-12-3-5-23(16-35)15-22-7-9-25(31)10-8-22/h4,6-10,14,23-24,27H,3,5,11-13,15-19H2,1-2H3,(H2,32,33,34,38)/t23-,24+,27+/m0/s1. The van der Waals surface area contributed by atoms with Crippen LogP contribution in [0.25, 0.3) is 0 Å². The van der Waals surface area contributed by atoms with Gasteiger partial charge in [-0.05, 0) is 74.2 Å². The van der Waals surface area contributed by atoms with Gasteiger partial charge in [-0.25, -0.2) is 14.2 Å². The van der Waals surface area contributed by atoms with Crippen LogP contribution in [0.15, 0.2) is 41.8 Å². The summed E-state index contributed by atoms with van der Waals surface area (Å²) in [6, 6.07) is 11.0. The zero-order valence-electron chi connectivity index (χ0n) is 23.2. The molecule has 2 amide bonds. The number of aromatic nitrogens is 1. The van der Waals surface area contributed by atoms with E-state index in [1.165, 1.54) is 35.1 Å². The number of piperidine rings is 2. The number of ketones is 1. The van der Waals surface area contributed by atoms with E-state index in [1.807, 2.05) is 12.1 Å². The molecule has 2 aliphatic rings.